The summed E-state index contributed by atoms with van der Waals surface area (Å²) in [5.74, 6) is 0.396. The second-order valence-electron chi connectivity index (χ2n) is 5.58. The molecule has 2 N–H and O–H groups in total. The number of hydrogen-bond donors (Lipinski definition) is 2. The molecule has 0 aliphatic rings. The average molecular weight is 343 g/mol. The standard InChI is InChI=1S/C18H21N3O4/c1-11(2)20-18(23)14-9-12(7-8-19-14)17(22)21-13-5-6-15(24-3)16(10-13)25-4/h5-11H,1-4H3,(H,20,23)(H,21,22). The second kappa shape index (κ2) is 8.14. The van der Waals surface area contributed by atoms with Gasteiger partial charge in [0.05, 0.1) is 14.2 Å². The zero-order chi connectivity index (χ0) is 18.4. The highest BCUT2D eigenvalue weighted by Gasteiger charge is 2.13. The molecular formula is C18H21N3O4. The Balaban J connectivity index is 2.17. The highest BCUT2D eigenvalue weighted by atomic mass is 16.5. The molecule has 0 unspecified atom stereocenters. The Bertz CT molecular complexity index is 775. The number of rotatable bonds is 6. The molecule has 0 fully saturated rings. The molecular weight excluding hydrogens is 322 g/mol. The van der Waals surface area contributed by atoms with Crippen LogP contribution in [0.1, 0.15) is 34.7 Å². The minimum Gasteiger partial charge on any atom is -0.493 e. The summed E-state index contributed by atoms with van der Waals surface area (Å²) in [4.78, 5) is 28.4. The number of carbonyl (C=O) groups excluding carboxylic acids is 2. The van der Waals surface area contributed by atoms with Crippen LogP contribution < -0.4 is 20.1 Å². The van der Waals surface area contributed by atoms with Crippen molar-refractivity contribution in [3.63, 3.8) is 0 Å². The van der Waals surface area contributed by atoms with Crippen LogP contribution in [0, 0.1) is 0 Å². The lowest BCUT2D eigenvalue weighted by molar-refractivity contribution is 0.0938. The quantitative estimate of drug-likeness (QED) is 0.841. The molecule has 1 aromatic carbocycles. The fourth-order valence-electron chi connectivity index (χ4n) is 2.15. The van der Waals surface area contributed by atoms with Gasteiger partial charge in [0.1, 0.15) is 5.69 Å². The van der Waals surface area contributed by atoms with Gasteiger partial charge < -0.3 is 20.1 Å². The van der Waals surface area contributed by atoms with Crippen molar-refractivity contribution >= 4 is 17.5 Å². The number of aromatic nitrogens is 1. The zero-order valence-corrected chi connectivity index (χ0v) is 14.6. The van der Waals surface area contributed by atoms with Crippen molar-refractivity contribution in [1.82, 2.24) is 10.3 Å². The maximum atomic E-state index is 12.4. The number of ether oxygens (including phenoxy) is 2. The van der Waals surface area contributed by atoms with Crippen LogP contribution in [-0.4, -0.2) is 37.1 Å². The van der Waals surface area contributed by atoms with Crippen molar-refractivity contribution in [2.45, 2.75) is 19.9 Å². The molecule has 132 valence electrons. The number of nitrogens with zero attached hydrogens (tertiary/aromatic N) is 1. The Morgan fingerprint density at radius 2 is 1.72 bits per heavy atom. The molecule has 0 aliphatic heterocycles. The largest absolute Gasteiger partial charge is 0.493 e. The van der Waals surface area contributed by atoms with Gasteiger partial charge in [-0.1, -0.05) is 0 Å². The zero-order valence-electron chi connectivity index (χ0n) is 14.6. The minimum absolute atomic E-state index is 0.0152. The van der Waals surface area contributed by atoms with Crippen LogP contribution in [-0.2, 0) is 0 Å². The van der Waals surface area contributed by atoms with Gasteiger partial charge in [-0.25, -0.2) is 0 Å². The summed E-state index contributed by atoms with van der Waals surface area (Å²) in [5, 5.41) is 5.50. The molecule has 0 radical (unpaired) electrons. The first-order valence-corrected chi connectivity index (χ1v) is 7.75. The number of hydrogen-bond acceptors (Lipinski definition) is 5. The van der Waals surface area contributed by atoms with E-state index in [9.17, 15) is 9.59 Å². The Morgan fingerprint density at radius 3 is 2.36 bits per heavy atom. The molecule has 1 heterocycles. The van der Waals surface area contributed by atoms with E-state index in [1.165, 1.54) is 26.5 Å². The fraction of sp³-hybridized carbons (Fsp3) is 0.278. The lowest BCUT2D eigenvalue weighted by Gasteiger charge is -2.11. The molecule has 2 amide bonds. The van der Waals surface area contributed by atoms with Crippen LogP contribution >= 0.6 is 0 Å². The molecule has 0 saturated heterocycles. The monoisotopic (exact) mass is 343 g/mol. The molecule has 0 atom stereocenters. The molecule has 2 aromatic rings. The van der Waals surface area contributed by atoms with E-state index in [1.54, 1.807) is 24.3 Å². The average Bonchev–Trinajstić information content (AvgIpc) is 2.61. The minimum atomic E-state index is -0.354. The van der Waals surface area contributed by atoms with E-state index in [0.717, 1.165) is 0 Å². The maximum Gasteiger partial charge on any atom is 0.270 e. The van der Waals surface area contributed by atoms with Crippen LogP contribution in [0.2, 0.25) is 0 Å². The summed E-state index contributed by atoms with van der Waals surface area (Å²) in [7, 11) is 3.06. The Labute approximate surface area is 146 Å². The Morgan fingerprint density at radius 1 is 1.00 bits per heavy atom. The maximum absolute atomic E-state index is 12.4. The predicted molar refractivity (Wildman–Crippen MR) is 94.3 cm³/mol. The first-order valence-electron chi connectivity index (χ1n) is 7.75. The fourth-order valence-corrected chi connectivity index (χ4v) is 2.15. The van der Waals surface area contributed by atoms with Crippen LogP contribution in [0.25, 0.3) is 0 Å². The van der Waals surface area contributed by atoms with E-state index in [-0.39, 0.29) is 23.6 Å². The molecule has 7 nitrogen and oxygen atoms in total. The second-order valence-corrected chi connectivity index (χ2v) is 5.58. The van der Waals surface area contributed by atoms with Crippen molar-refractivity contribution in [1.29, 1.82) is 0 Å². The van der Waals surface area contributed by atoms with Gasteiger partial charge in [-0.3, -0.25) is 14.6 Å². The van der Waals surface area contributed by atoms with Crippen LogP contribution in [0.4, 0.5) is 5.69 Å². The highest BCUT2D eigenvalue weighted by Crippen LogP contribution is 2.29. The lowest BCUT2D eigenvalue weighted by Crippen LogP contribution is -2.31. The molecule has 1 aromatic heterocycles. The highest BCUT2D eigenvalue weighted by molar-refractivity contribution is 6.05. The van der Waals surface area contributed by atoms with Crippen molar-refractivity contribution < 1.29 is 19.1 Å². The first kappa shape index (κ1) is 18.3. The summed E-state index contributed by atoms with van der Waals surface area (Å²) in [5.41, 5.74) is 1.07. The van der Waals surface area contributed by atoms with Crippen molar-refractivity contribution in [2.24, 2.45) is 0 Å². The van der Waals surface area contributed by atoms with E-state index in [4.69, 9.17) is 9.47 Å². The summed E-state index contributed by atoms with van der Waals surface area (Å²) in [6, 6.07) is 8.04. The Kier molecular flexibility index (Phi) is 5.94. The van der Waals surface area contributed by atoms with E-state index < -0.39 is 0 Å². The number of pyridine rings is 1. The third-order valence-corrected chi connectivity index (χ3v) is 3.32. The third-order valence-electron chi connectivity index (χ3n) is 3.32. The van der Waals surface area contributed by atoms with Crippen LogP contribution in [0.5, 0.6) is 11.5 Å². The smallest absolute Gasteiger partial charge is 0.270 e. The van der Waals surface area contributed by atoms with Crippen LogP contribution in [0.3, 0.4) is 0 Å². The number of amides is 2. The lowest BCUT2D eigenvalue weighted by atomic mass is 10.2. The summed E-state index contributed by atoms with van der Waals surface area (Å²) < 4.78 is 10.4. The molecule has 0 spiro atoms. The first-order chi connectivity index (χ1) is 11.9. The van der Waals surface area contributed by atoms with Gasteiger partial charge >= 0.3 is 0 Å². The summed E-state index contributed by atoms with van der Waals surface area (Å²) in [6.07, 6.45) is 1.43. The van der Waals surface area contributed by atoms with Gasteiger partial charge in [0.15, 0.2) is 11.5 Å². The predicted octanol–water partition coefficient (Wildman–Crippen LogP) is 2.49. The Hall–Kier alpha value is -3.09. The molecule has 7 heteroatoms. The molecule has 0 aliphatic carbocycles. The van der Waals surface area contributed by atoms with E-state index >= 15 is 0 Å². The van der Waals surface area contributed by atoms with Gasteiger partial charge in [0, 0.05) is 29.6 Å². The molecule has 0 bridgehead atoms. The van der Waals surface area contributed by atoms with Gasteiger partial charge in [0.25, 0.3) is 11.8 Å². The number of anilines is 1. The van der Waals surface area contributed by atoms with Gasteiger partial charge in [0.2, 0.25) is 0 Å². The van der Waals surface area contributed by atoms with E-state index in [2.05, 4.69) is 15.6 Å². The van der Waals surface area contributed by atoms with Crippen LogP contribution in [0.15, 0.2) is 36.5 Å². The number of methoxy groups -OCH3 is 2. The van der Waals surface area contributed by atoms with Crippen molar-refractivity contribution in [2.75, 3.05) is 19.5 Å². The summed E-state index contributed by atoms with van der Waals surface area (Å²) >= 11 is 0. The van der Waals surface area contributed by atoms with Gasteiger partial charge in [-0.15, -0.1) is 0 Å². The van der Waals surface area contributed by atoms with Gasteiger partial charge in [-0.2, -0.15) is 0 Å². The normalized spacial score (nSPS) is 10.3. The number of nitrogens with one attached hydrogen (secondary N) is 2. The van der Waals surface area contributed by atoms with E-state index in [0.29, 0.717) is 22.7 Å². The number of carbonyl (C=O) groups is 2. The third kappa shape index (κ3) is 4.69. The summed E-state index contributed by atoms with van der Waals surface area (Å²) in [6.45, 7) is 3.71. The van der Waals surface area contributed by atoms with Crippen molar-refractivity contribution in [3.05, 3.63) is 47.8 Å². The van der Waals surface area contributed by atoms with Gasteiger partial charge in [-0.05, 0) is 38.1 Å². The molecule has 2 rings (SSSR count). The molecule has 25 heavy (non-hydrogen) atoms. The SMILES string of the molecule is COc1ccc(NC(=O)c2ccnc(C(=O)NC(C)C)c2)cc1OC. The number of benzene rings is 1. The van der Waals surface area contributed by atoms with E-state index in [1.807, 2.05) is 13.8 Å². The topological polar surface area (TPSA) is 89.5 Å². The van der Waals surface area contributed by atoms with Crippen molar-refractivity contribution in [3.8, 4) is 11.5 Å². The molecule has 0 saturated carbocycles.